The summed E-state index contributed by atoms with van der Waals surface area (Å²) >= 11 is 0. The third-order valence-corrected chi connectivity index (χ3v) is 9.41. The number of ether oxygens (including phenoxy) is 1. The minimum atomic E-state index is -0.655. The third kappa shape index (κ3) is 2.26. The fourth-order valence-corrected chi connectivity index (χ4v) is 7.86. The highest BCUT2D eigenvalue weighted by Crippen LogP contribution is 2.69. The first kappa shape index (κ1) is 17.9. The van der Waals surface area contributed by atoms with Gasteiger partial charge in [-0.15, -0.1) is 0 Å². The summed E-state index contributed by atoms with van der Waals surface area (Å²) in [6.45, 7) is 5.06. The molecule has 0 saturated heterocycles. The van der Waals surface area contributed by atoms with Crippen LogP contribution in [0, 0.1) is 28.6 Å². The van der Waals surface area contributed by atoms with Gasteiger partial charge in [0, 0.05) is 11.5 Å². The number of hydrogen-bond acceptors (Lipinski definition) is 4. The predicted octanol–water partition coefficient (Wildman–Crippen LogP) is 3.52. The molecule has 0 bridgehead atoms. The first-order chi connectivity index (χ1) is 12.8. The molecule has 4 heteroatoms. The van der Waals surface area contributed by atoms with Crippen molar-refractivity contribution in [3.8, 4) is 0 Å². The Balaban J connectivity index is 1.50. The van der Waals surface area contributed by atoms with Crippen LogP contribution in [0.4, 0.5) is 0 Å². The van der Waals surface area contributed by atoms with Gasteiger partial charge in [0.2, 0.25) is 0 Å². The average molecular weight is 373 g/mol. The zero-order valence-corrected chi connectivity index (χ0v) is 16.5. The Hall–Kier alpha value is -1.13. The van der Waals surface area contributed by atoms with Gasteiger partial charge in [-0.05, 0) is 80.1 Å². The first-order valence-corrected chi connectivity index (χ1v) is 10.8. The summed E-state index contributed by atoms with van der Waals surface area (Å²) in [6.07, 6.45) is 11.3. The van der Waals surface area contributed by atoms with Crippen molar-refractivity contribution in [3.05, 3.63) is 23.3 Å². The van der Waals surface area contributed by atoms with Crippen LogP contribution in [0.25, 0.3) is 0 Å². The molecule has 27 heavy (non-hydrogen) atoms. The van der Waals surface area contributed by atoms with E-state index in [0.29, 0.717) is 18.4 Å². The summed E-state index contributed by atoms with van der Waals surface area (Å²) in [7, 11) is 0. The molecule has 1 heterocycles. The molecule has 2 N–H and O–H groups in total. The van der Waals surface area contributed by atoms with E-state index in [0.717, 1.165) is 56.9 Å². The molecule has 0 radical (unpaired) electrons. The van der Waals surface area contributed by atoms with Crippen LogP contribution in [-0.4, -0.2) is 34.5 Å². The van der Waals surface area contributed by atoms with Gasteiger partial charge in [0.05, 0.1) is 11.7 Å². The molecule has 3 fully saturated rings. The molecule has 0 amide bonds. The Kier molecular flexibility index (Phi) is 3.78. The first-order valence-electron chi connectivity index (χ1n) is 10.8. The number of hydrogen-bond donors (Lipinski definition) is 2. The molecule has 5 aliphatic rings. The molecule has 1 unspecified atom stereocenters. The fourth-order valence-electron chi connectivity index (χ4n) is 7.86. The molecule has 148 valence electrons. The molecule has 1 aliphatic heterocycles. The highest BCUT2D eigenvalue weighted by molar-refractivity contribution is 5.85. The quantitative estimate of drug-likeness (QED) is 0.546. The Morgan fingerprint density at radius 1 is 1.07 bits per heavy atom. The van der Waals surface area contributed by atoms with E-state index < -0.39 is 5.60 Å². The zero-order chi connectivity index (χ0) is 19.0. The maximum Gasteiger partial charge on any atom is 0.331 e. The maximum atomic E-state index is 12.1. The number of aliphatic hydroxyl groups is 2. The van der Waals surface area contributed by atoms with Crippen LogP contribution < -0.4 is 0 Å². The second kappa shape index (κ2) is 5.70. The second-order valence-corrected chi connectivity index (χ2v) is 10.3. The van der Waals surface area contributed by atoms with E-state index in [1.54, 1.807) is 6.08 Å². The van der Waals surface area contributed by atoms with E-state index in [4.69, 9.17) is 4.74 Å². The van der Waals surface area contributed by atoms with Crippen molar-refractivity contribution in [2.75, 3.05) is 6.61 Å². The summed E-state index contributed by atoms with van der Waals surface area (Å²) in [5.74, 6) is 0.848. The van der Waals surface area contributed by atoms with Gasteiger partial charge in [0.25, 0.3) is 0 Å². The molecule has 4 aliphatic carbocycles. The van der Waals surface area contributed by atoms with Crippen molar-refractivity contribution < 1.29 is 19.7 Å². The Morgan fingerprint density at radius 2 is 1.89 bits per heavy atom. The highest BCUT2D eigenvalue weighted by atomic mass is 16.5. The molecule has 4 nitrogen and oxygen atoms in total. The van der Waals surface area contributed by atoms with Gasteiger partial charge in [-0.25, -0.2) is 4.79 Å². The second-order valence-electron chi connectivity index (χ2n) is 10.3. The van der Waals surface area contributed by atoms with Crippen LogP contribution in [0.1, 0.15) is 65.2 Å². The largest absolute Gasteiger partial charge is 0.458 e. The Morgan fingerprint density at radius 3 is 2.63 bits per heavy atom. The molecule has 3 saturated carbocycles. The summed E-state index contributed by atoms with van der Waals surface area (Å²) in [5.41, 5.74) is 1.84. The molecule has 7 atom stereocenters. The smallest absolute Gasteiger partial charge is 0.331 e. The molecule has 0 aromatic heterocycles. The Labute approximate surface area is 161 Å². The van der Waals surface area contributed by atoms with Crippen molar-refractivity contribution in [2.45, 2.75) is 76.9 Å². The van der Waals surface area contributed by atoms with Crippen molar-refractivity contribution >= 4 is 5.97 Å². The predicted molar refractivity (Wildman–Crippen MR) is 102 cm³/mol. The van der Waals surface area contributed by atoms with Crippen molar-refractivity contribution in [1.82, 2.24) is 0 Å². The van der Waals surface area contributed by atoms with Crippen LogP contribution in [-0.2, 0) is 9.53 Å². The number of aliphatic hydroxyl groups excluding tert-OH is 1. The SMILES string of the molecule is C[C@]12CCC(O)C=C1CC[C@@H]1[C@@H]2CC[C@]2(C)[C@@H](C3=CC(=O)OC3)CC[C@]12O. The normalized spacial score (nSPS) is 51.6. The van der Waals surface area contributed by atoms with Gasteiger partial charge in [0.15, 0.2) is 0 Å². The summed E-state index contributed by atoms with van der Waals surface area (Å²) in [5, 5.41) is 22.2. The lowest BCUT2D eigenvalue weighted by Gasteiger charge is -2.61. The fraction of sp³-hybridized carbons (Fsp3) is 0.783. The van der Waals surface area contributed by atoms with E-state index >= 15 is 0 Å². The van der Waals surface area contributed by atoms with E-state index in [9.17, 15) is 15.0 Å². The van der Waals surface area contributed by atoms with E-state index in [1.807, 2.05) is 0 Å². The van der Waals surface area contributed by atoms with Crippen LogP contribution in [0.5, 0.6) is 0 Å². The number of cyclic esters (lactones) is 1. The molecule has 0 spiro atoms. The summed E-state index contributed by atoms with van der Waals surface area (Å²) < 4.78 is 5.19. The molecule has 0 aromatic rings. The minimum absolute atomic E-state index is 0.128. The lowest BCUT2D eigenvalue weighted by atomic mass is 9.45. The summed E-state index contributed by atoms with van der Waals surface area (Å²) in [6, 6.07) is 0. The zero-order valence-electron chi connectivity index (χ0n) is 16.5. The number of allylic oxidation sites excluding steroid dienone is 1. The lowest BCUT2D eigenvalue weighted by Crippen LogP contribution is -2.60. The van der Waals surface area contributed by atoms with Gasteiger partial charge < -0.3 is 14.9 Å². The van der Waals surface area contributed by atoms with E-state index in [1.165, 1.54) is 5.57 Å². The van der Waals surface area contributed by atoms with Crippen LogP contribution >= 0.6 is 0 Å². The van der Waals surface area contributed by atoms with Crippen LogP contribution in [0.3, 0.4) is 0 Å². The number of esters is 1. The van der Waals surface area contributed by atoms with Gasteiger partial charge >= 0.3 is 5.97 Å². The number of carbonyl (C=O) groups excluding carboxylic acids is 1. The van der Waals surface area contributed by atoms with Gasteiger partial charge in [-0.1, -0.05) is 25.5 Å². The minimum Gasteiger partial charge on any atom is -0.458 e. The molecule has 0 aromatic carbocycles. The van der Waals surface area contributed by atoms with Gasteiger partial charge in [-0.2, -0.15) is 0 Å². The van der Waals surface area contributed by atoms with Gasteiger partial charge in [0.1, 0.15) is 6.61 Å². The van der Waals surface area contributed by atoms with E-state index in [2.05, 4.69) is 19.9 Å². The monoisotopic (exact) mass is 372 g/mol. The third-order valence-electron chi connectivity index (χ3n) is 9.41. The van der Waals surface area contributed by atoms with E-state index in [-0.39, 0.29) is 28.8 Å². The summed E-state index contributed by atoms with van der Waals surface area (Å²) in [4.78, 5) is 11.6. The van der Waals surface area contributed by atoms with Crippen LogP contribution in [0.2, 0.25) is 0 Å². The number of carbonyl (C=O) groups is 1. The highest BCUT2D eigenvalue weighted by Gasteiger charge is 2.67. The number of rotatable bonds is 1. The van der Waals surface area contributed by atoms with Crippen molar-refractivity contribution in [3.63, 3.8) is 0 Å². The van der Waals surface area contributed by atoms with Gasteiger partial charge in [-0.3, -0.25) is 0 Å². The number of fused-ring (bicyclic) bond motifs is 5. The molecular weight excluding hydrogens is 340 g/mol. The van der Waals surface area contributed by atoms with Crippen molar-refractivity contribution in [2.24, 2.45) is 28.6 Å². The maximum absolute atomic E-state index is 12.1. The standard InChI is InChI=1S/C23H32O4/c1-21-8-5-16(24)12-15(21)3-4-19-18(21)6-9-22(2)17(7-10-23(19,22)26)14-11-20(25)27-13-14/h11-12,16-19,24,26H,3-10,13H2,1-2H3/t16?,17-,18+,19-,21+,22-,23+/m1/s1. The average Bonchev–Trinajstić information content (AvgIpc) is 3.16. The van der Waals surface area contributed by atoms with Crippen molar-refractivity contribution in [1.29, 1.82) is 0 Å². The lowest BCUT2D eigenvalue weighted by molar-refractivity contribution is -0.181. The topological polar surface area (TPSA) is 66.8 Å². The Bertz CT molecular complexity index is 739. The van der Waals surface area contributed by atoms with Crippen LogP contribution in [0.15, 0.2) is 23.3 Å². The molecular formula is C23H32O4. The molecule has 5 rings (SSSR count).